The lowest BCUT2D eigenvalue weighted by molar-refractivity contribution is -0.137. The van der Waals surface area contributed by atoms with E-state index >= 15 is 0 Å². The third kappa shape index (κ3) is 4.45. The summed E-state index contributed by atoms with van der Waals surface area (Å²) >= 11 is 3.15. The van der Waals surface area contributed by atoms with Crippen LogP contribution in [0, 0.1) is 0 Å². The molecule has 0 spiro atoms. The molecule has 0 aromatic heterocycles. The Labute approximate surface area is 140 Å². The van der Waals surface area contributed by atoms with Gasteiger partial charge in [0, 0.05) is 16.6 Å². The quantitative estimate of drug-likeness (QED) is 0.789. The first kappa shape index (κ1) is 17.3. The molecule has 2 aromatic carbocycles. The highest BCUT2D eigenvalue weighted by molar-refractivity contribution is 9.11. The Balaban J connectivity index is 2.33. The summed E-state index contributed by atoms with van der Waals surface area (Å²) in [7, 11) is 0. The summed E-state index contributed by atoms with van der Waals surface area (Å²) in [6.07, 6.45) is -4.38. The molecular formula is C17H13BrF3NO. The molecule has 1 amide bonds. The molecular weight excluding hydrogens is 371 g/mol. The van der Waals surface area contributed by atoms with E-state index in [2.05, 4.69) is 27.8 Å². The summed E-state index contributed by atoms with van der Waals surface area (Å²) in [4.78, 5) is 12.2. The lowest BCUT2D eigenvalue weighted by Crippen LogP contribution is -2.24. The highest BCUT2D eigenvalue weighted by atomic mass is 79.9. The molecule has 2 nitrogen and oxygen atoms in total. The van der Waals surface area contributed by atoms with Gasteiger partial charge in [0.15, 0.2) is 0 Å². The highest BCUT2D eigenvalue weighted by Crippen LogP contribution is 2.31. The van der Waals surface area contributed by atoms with Crippen molar-refractivity contribution in [1.29, 1.82) is 0 Å². The van der Waals surface area contributed by atoms with Gasteiger partial charge in [-0.1, -0.05) is 52.8 Å². The first-order valence-electron chi connectivity index (χ1n) is 6.67. The van der Waals surface area contributed by atoms with Crippen LogP contribution in [0.3, 0.4) is 0 Å². The zero-order chi connectivity index (χ0) is 17.0. The first-order chi connectivity index (χ1) is 10.8. The van der Waals surface area contributed by atoms with Gasteiger partial charge in [0.25, 0.3) is 5.91 Å². The largest absolute Gasteiger partial charge is 0.416 e. The van der Waals surface area contributed by atoms with Gasteiger partial charge in [-0.15, -0.1) is 0 Å². The molecule has 0 unspecified atom stereocenters. The minimum absolute atomic E-state index is 0.264. The van der Waals surface area contributed by atoms with Crippen molar-refractivity contribution in [3.8, 4) is 11.1 Å². The van der Waals surface area contributed by atoms with Crippen molar-refractivity contribution < 1.29 is 18.0 Å². The van der Waals surface area contributed by atoms with Crippen LogP contribution >= 0.6 is 15.9 Å². The van der Waals surface area contributed by atoms with Crippen LogP contribution in [-0.4, -0.2) is 12.5 Å². The van der Waals surface area contributed by atoms with Gasteiger partial charge < -0.3 is 5.32 Å². The molecule has 0 fully saturated rings. The average Bonchev–Trinajstić information content (AvgIpc) is 2.52. The van der Waals surface area contributed by atoms with Crippen molar-refractivity contribution >= 4 is 21.8 Å². The van der Waals surface area contributed by atoms with Crippen LogP contribution in [0.4, 0.5) is 13.2 Å². The molecule has 0 heterocycles. The Bertz CT molecular complexity index is 723. The topological polar surface area (TPSA) is 29.1 Å². The van der Waals surface area contributed by atoms with E-state index in [4.69, 9.17) is 0 Å². The van der Waals surface area contributed by atoms with Gasteiger partial charge in [0.2, 0.25) is 0 Å². The Hall–Kier alpha value is -2.08. The summed E-state index contributed by atoms with van der Waals surface area (Å²) in [5.41, 5.74) is 0.778. The van der Waals surface area contributed by atoms with Crippen molar-refractivity contribution in [2.45, 2.75) is 6.18 Å². The SMILES string of the molecule is C=C(Br)CNC(=O)c1ccccc1-c1ccc(C(F)(F)F)cc1. The number of carbonyl (C=O) groups is 1. The van der Waals surface area contributed by atoms with Crippen LogP contribution in [0.5, 0.6) is 0 Å². The van der Waals surface area contributed by atoms with Gasteiger partial charge >= 0.3 is 6.18 Å². The average molecular weight is 384 g/mol. The van der Waals surface area contributed by atoms with E-state index in [9.17, 15) is 18.0 Å². The van der Waals surface area contributed by atoms with Crippen molar-refractivity contribution in [3.63, 3.8) is 0 Å². The summed E-state index contributed by atoms with van der Waals surface area (Å²) in [6, 6.07) is 11.5. The van der Waals surface area contributed by atoms with Crippen LogP contribution in [-0.2, 0) is 6.18 Å². The Morgan fingerprint density at radius 3 is 2.26 bits per heavy atom. The zero-order valence-electron chi connectivity index (χ0n) is 12.0. The molecule has 2 aromatic rings. The molecule has 0 aliphatic carbocycles. The van der Waals surface area contributed by atoms with E-state index in [1.54, 1.807) is 24.3 Å². The predicted octanol–water partition coefficient (Wildman–Crippen LogP) is 5.01. The molecule has 0 saturated heterocycles. The molecule has 6 heteroatoms. The fraction of sp³-hybridized carbons (Fsp3) is 0.118. The molecule has 2 rings (SSSR count). The molecule has 0 bridgehead atoms. The van der Waals surface area contributed by atoms with Crippen LogP contribution < -0.4 is 5.32 Å². The predicted molar refractivity (Wildman–Crippen MR) is 87.3 cm³/mol. The smallest absolute Gasteiger partial charge is 0.347 e. The number of benzene rings is 2. The van der Waals surface area contributed by atoms with Gasteiger partial charge in [-0.05, 0) is 29.3 Å². The number of alkyl halides is 3. The van der Waals surface area contributed by atoms with E-state index in [0.29, 0.717) is 21.2 Å². The first-order valence-corrected chi connectivity index (χ1v) is 7.46. The minimum Gasteiger partial charge on any atom is -0.347 e. The monoisotopic (exact) mass is 383 g/mol. The summed E-state index contributed by atoms with van der Waals surface area (Å²) < 4.78 is 38.5. The maximum Gasteiger partial charge on any atom is 0.416 e. The summed E-state index contributed by atoms with van der Waals surface area (Å²) in [6.45, 7) is 3.89. The second kappa shape index (κ2) is 7.00. The number of rotatable bonds is 4. The lowest BCUT2D eigenvalue weighted by atomic mass is 9.98. The van der Waals surface area contributed by atoms with Gasteiger partial charge in [-0.2, -0.15) is 13.2 Å². The van der Waals surface area contributed by atoms with Crippen molar-refractivity contribution in [3.05, 3.63) is 70.7 Å². The molecule has 0 saturated carbocycles. The molecule has 0 aliphatic heterocycles. The molecule has 0 atom stereocenters. The van der Waals surface area contributed by atoms with Crippen molar-refractivity contribution in [2.75, 3.05) is 6.54 Å². The maximum atomic E-state index is 12.6. The number of carbonyl (C=O) groups excluding carboxylic acids is 1. The summed E-state index contributed by atoms with van der Waals surface area (Å²) in [5.74, 6) is -0.318. The van der Waals surface area contributed by atoms with Gasteiger partial charge in [0.05, 0.1) is 5.56 Å². The van der Waals surface area contributed by atoms with E-state index in [1.807, 2.05) is 0 Å². The molecule has 0 aliphatic rings. The van der Waals surface area contributed by atoms with E-state index in [1.165, 1.54) is 12.1 Å². The van der Waals surface area contributed by atoms with Crippen LogP contribution in [0.15, 0.2) is 59.6 Å². The number of hydrogen-bond donors (Lipinski definition) is 1. The van der Waals surface area contributed by atoms with Gasteiger partial charge in [-0.3, -0.25) is 4.79 Å². The van der Waals surface area contributed by atoms with Crippen LogP contribution in [0.1, 0.15) is 15.9 Å². The maximum absolute atomic E-state index is 12.6. The van der Waals surface area contributed by atoms with E-state index in [-0.39, 0.29) is 12.5 Å². The third-order valence-corrected chi connectivity index (χ3v) is 3.42. The van der Waals surface area contributed by atoms with E-state index in [0.717, 1.165) is 12.1 Å². The van der Waals surface area contributed by atoms with E-state index < -0.39 is 11.7 Å². The molecule has 23 heavy (non-hydrogen) atoms. The van der Waals surface area contributed by atoms with Crippen LogP contribution in [0.2, 0.25) is 0 Å². The number of amides is 1. The minimum atomic E-state index is -4.38. The lowest BCUT2D eigenvalue weighted by Gasteiger charge is -2.11. The second-order valence-corrected chi connectivity index (χ2v) is 5.94. The fourth-order valence-corrected chi connectivity index (χ4v) is 2.18. The zero-order valence-corrected chi connectivity index (χ0v) is 13.5. The Morgan fingerprint density at radius 2 is 1.70 bits per heavy atom. The molecule has 1 N–H and O–H groups in total. The van der Waals surface area contributed by atoms with Crippen molar-refractivity contribution in [2.24, 2.45) is 0 Å². The summed E-state index contributed by atoms with van der Waals surface area (Å²) in [5, 5.41) is 2.68. The number of halogens is 4. The fourth-order valence-electron chi connectivity index (χ4n) is 2.04. The number of hydrogen-bond acceptors (Lipinski definition) is 1. The van der Waals surface area contributed by atoms with Gasteiger partial charge in [-0.25, -0.2) is 0 Å². The Kier molecular flexibility index (Phi) is 5.26. The third-order valence-electron chi connectivity index (χ3n) is 3.14. The number of nitrogens with one attached hydrogen (secondary N) is 1. The van der Waals surface area contributed by atoms with Gasteiger partial charge in [0.1, 0.15) is 0 Å². The highest BCUT2D eigenvalue weighted by Gasteiger charge is 2.30. The second-order valence-electron chi connectivity index (χ2n) is 4.82. The normalized spacial score (nSPS) is 11.1. The Morgan fingerprint density at radius 1 is 1.09 bits per heavy atom. The molecule has 0 radical (unpaired) electrons. The van der Waals surface area contributed by atoms with Crippen molar-refractivity contribution in [1.82, 2.24) is 5.32 Å². The van der Waals surface area contributed by atoms with Crippen LogP contribution in [0.25, 0.3) is 11.1 Å². The molecule has 120 valence electrons. The standard InChI is InChI=1S/C17H13BrF3NO/c1-11(18)10-22-16(23)15-5-3-2-4-14(15)12-6-8-13(9-7-12)17(19,20)21/h2-9H,1,10H2,(H,22,23).